The van der Waals surface area contributed by atoms with Gasteiger partial charge in [0.05, 0.1) is 22.8 Å². The number of hydrogen-bond acceptors (Lipinski definition) is 4. The van der Waals surface area contributed by atoms with Crippen molar-refractivity contribution in [2.75, 3.05) is 0 Å². The summed E-state index contributed by atoms with van der Waals surface area (Å²) in [6.45, 7) is 13.2. The topological polar surface area (TPSA) is 70.8 Å². The van der Waals surface area contributed by atoms with Crippen LogP contribution in [0.5, 0.6) is 11.5 Å². The summed E-state index contributed by atoms with van der Waals surface area (Å²) in [4.78, 5) is 10.8. The van der Waals surface area contributed by atoms with E-state index in [1.165, 1.54) is 350 Å². The molecule has 3 rings (SSSR count). The van der Waals surface area contributed by atoms with Crippen LogP contribution in [0, 0.1) is 0 Å². The summed E-state index contributed by atoms with van der Waals surface area (Å²) in [7, 11) is 0. The van der Waals surface area contributed by atoms with Crippen LogP contribution in [-0.4, -0.2) is 11.4 Å². The molecule has 0 saturated carbocycles. The van der Waals surface area contributed by atoms with E-state index in [2.05, 4.69) is 76.2 Å². The summed E-state index contributed by atoms with van der Waals surface area (Å²) in [5.74, 6) is -0.587. The van der Waals surface area contributed by atoms with Crippen LogP contribution in [0.25, 0.3) is 0 Å². The molecule has 0 heterocycles. The molecule has 0 spiro atoms. The van der Waals surface area contributed by atoms with E-state index in [-0.39, 0.29) is 28.0 Å². The number of rotatable bonds is 61. The molecule has 3 aromatic rings. The number of benzene rings is 3. The second kappa shape index (κ2) is 63.8. The minimum absolute atomic E-state index is 0. The van der Waals surface area contributed by atoms with Crippen molar-refractivity contribution in [2.45, 2.75) is 414 Å². The third-order valence-electron chi connectivity index (χ3n) is 18.7. The zero-order chi connectivity index (χ0) is 63.3. The van der Waals surface area contributed by atoms with Gasteiger partial charge in [-0.1, -0.05) is 397 Å². The van der Waals surface area contributed by atoms with Crippen molar-refractivity contribution in [3.63, 3.8) is 0 Å². The van der Waals surface area contributed by atoms with Crippen LogP contribution >= 0.6 is 0 Å². The quantitative estimate of drug-likeness (QED) is 0.0321. The Hall–Kier alpha value is -2.91. The number of aliphatic imine (C=N–C) groups is 2. The molecule has 0 aliphatic heterocycles. The molecule has 0 amide bonds. The van der Waals surface area contributed by atoms with Gasteiger partial charge in [0.25, 0.3) is 0 Å². The van der Waals surface area contributed by atoms with Gasteiger partial charge < -0.3 is 10.2 Å². The van der Waals surface area contributed by atoms with Gasteiger partial charge in [-0.15, -0.1) is 11.5 Å². The molecule has 0 unspecified atom stereocenters. The Morgan fingerprint density at radius 2 is 0.449 bits per heavy atom. The van der Waals surface area contributed by atoms with Gasteiger partial charge in [0, 0.05) is 0 Å². The molecule has 0 saturated heterocycles. The molecule has 89 heavy (non-hydrogen) atoms. The summed E-state index contributed by atoms with van der Waals surface area (Å²) in [6, 6.07) is 22.1. The van der Waals surface area contributed by atoms with Crippen molar-refractivity contribution < 1.29 is 26.7 Å². The molecule has 0 bridgehead atoms. The average Bonchev–Trinajstić information content (AvgIpc) is 3.72. The second-order valence-electron chi connectivity index (χ2n) is 27.3. The number of unbranched alkanes of at least 4 members (excludes halogenated alkanes) is 46. The van der Waals surface area contributed by atoms with Gasteiger partial charge in [-0.2, -0.15) is 0 Å². The SMILES string of the molecule is CCCCCCCCCCCCCCCCCCCCCCCc1ccc(N=C(CCCC)C(CCCCCCCC)=Nc2ccc(CCCCCCCCCCCCCCCCCCCCCCC)cc2)cc1.CCCc1ccc(CCC)c([O-])c1[O-].[Ni+2]. The Morgan fingerprint density at radius 3 is 0.685 bits per heavy atom. The Labute approximate surface area is 564 Å². The first-order chi connectivity index (χ1) is 43.4. The predicted molar refractivity (Wildman–Crippen MR) is 391 cm³/mol. The van der Waals surface area contributed by atoms with Crippen LogP contribution in [-0.2, 0) is 42.2 Å². The van der Waals surface area contributed by atoms with Crippen LogP contribution < -0.4 is 10.2 Å². The molecule has 0 radical (unpaired) electrons. The maximum atomic E-state index is 11.5. The molecule has 0 N–H and O–H groups in total. The number of hydrogen-bond donors (Lipinski definition) is 0. The van der Waals surface area contributed by atoms with Gasteiger partial charge in [-0.05, 0) is 99.6 Å². The van der Waals surface area contributed by atoms with E-state index >= 15 is 0 Å². The molecule has 0 aromatic heterocycles. The fraction of sp³-hybridized carbons (Fsp3) is 0.762. The fourth-order valence-electron chi connectivity index (χ4n) is 12.8. The zero-order valence-electron chi connectivity index (χ0n) is 59.8. The summed E-state index contributed by atoms with van der Waals surface area (Å²) in [5, 5.41) is 23.1. The maximum Gasteiger partial charge on any atom is 2.00 e. The van der Waals surface area contributed by atoms with Crippen LogP contribution in [0.3, 0.4) is 0 Å². The van der Waals surface area contributed by atoms with Crippen molar-refractivity contribution in [1.82, 2.24) is 0 Å². The zero-order valence-corrected chi connectivity index (χ0v) is 60.8. The first-order valence-electron chi connectivity index (χ1n) is 39.2. The van der Waals surface area contributed by atoms with Crippen molar-refractivity contribution in [3.8, 4) is 11.5 Å². The maximum absolute atomic E-state index is 11.5. The third kappa shape index (κ3) is 48.5. The van der Waals surface area contributed by atoms with Gasteiger partial charge in [0.2, 0.25) is 0 Å². The second-order valence-corrected chi connectivity index (χ2v) is 27.3. The minimum atomic E-state index is -0.294. The standard InChI is InChI=1S/C72H128N2.C12H18O2.Ni/c1-5-9-13-16-19-21-23-25-27-29-31-33-35-37-39-41-43-45-47-49-52-55-67-59-63-69(64-60-67)73-71(57-12-8-4)72(58-54-51-18-15-11-7-3)74-70-65-61-68(62-66-70)56-53-50-48-46-44-42-40-38-36-34-32-30-28-26-24-22-20-17-14-10-6-2;1-3-5-9-7-8-10(6-4-2)12(14)11(9)13;/h59-66H,5-58H2,1-4H3;7-8,13-14H,3-6H2,1-2H3;/q;;+2/p-2. The van der Waals surface area contributed by atoms with Gasteiger partial charge >= 0.3 is 16.5 Å². The van der Waals surface area contributed by atoms with Gasteiger partial charge in [-0.25, -0.2) is 0 Å². The van der Waals surface area contributed by atoms with E-state index < -0.39 is 0 Å². The van der Waals surface area contributed by atoms with Crippen LogP contribution in [0.15, 0.2) is 70.6 Å². The van der Waals surface area contributed by atoms with E-state index in [4.69, 9.17) is 9.98 Å². The number of nitrogens with zero attached hydrogens (tertiary/aromatic N) is 2. The summed E-state index contributed by atoms with van der Waals surface area (Å²) < 4.78 is 0. The van der Waals surface area contributed by atoms with Crippen molar-refractivity contribution in [1.29, 1.82) is 0 Å². The van der Waals surface area contributed by atoms with E-state index in [9.17, 15) is 10.2 Å². The molecule has 0 atom stereocenters. The molecule has 3 aromatic carbocycles. The van der Waals surface area contributed by atoms with Crippen molar-refractivity contribution >= 4 is 22.8 Å². The first kappa shape index (κ1) is 84.1. The Kier molecular flexibility index (Phi) is 60.3. The molecule has 5 heteroatoms. The van der Waals surface area contributed by atoms with Crippen molar-refractivity contribution in [3.05, 3.63) is 82.9 Å². The normalized spacial score (nSPS) is 11.8. The number of aryl methyl sites for hydroxylation is 4. The van der Waals surface area contributed by atoms with E-state index in [1.54, 1.807) is 12.1 Å². The fourth-order valence-corrected chi connectivity index (χ4v) is 12.8. The summed E-state index contributed by atoms with van der Waals surface area (Å²) in [5.41, 5.74) is 8.87. The Balaban J connectivity index is 0.00000231. The minimum Gasteiger partial charge on any atom is -0.873 e. The molecule has 0 fully saturated rings. The molecule has 4 nitrogen and oxygen atoms in total. The molecule has 0 aliphatic rings. The predicted octanol–water partition coefficient (Wildman–Crippen LogP) is 27.7. The molecule has 512 valence electrons. The van der Waals surface area contributed by atoms with Gasteiger partial charge in [0.1, 0.15) is 0 Å². The first-order valence-corrected chi connectivity index (χ1v) is 39.2. The van der Waals surface area contributed by atoms with Crippen LogP contribution in [0.2, 0.25) is 0 Å². The molecular formula is C84H144N2NiO2. The third-order valence-corrected chi connectivity index (χ3v) is 18.7. The summed E-state index contributed by atoms with van der Waals surface area (Å²) in [6.07, 6.45) is 78.2. The smallest absolute Gasteiger partial charge is 0.873 e. The molecular weight excluding hydrogens is 1130 g/mol. The van der Waals surface area contributed by atoms with Crippen LogP contribution in [0.4, 0.5) is 11.4 Å². The van der Waals surface area contributed by atoms with E-state index in [0.717, 1.165) is 43.5 Å². The Bertz CT molecular complexity index is 1990. The monoisotopic (exact) mass is 1270 g/mol. The van der Waals surface area contributed by atoms with Gasteiger partial charge in [-0.3, -0.25) is 9.98 Å². The van der Waals surface area contributed by atoms with E-state index in [1.807, 2.05) is 13.8 Å². The largest absolute Gasteiger partial charge is 2.00 e. The Morgan fingerprint density at radius 1 is 0.236 bits per heavy atom. The van der Waals surface area contributed by atoms with E-state index in [0.29, 0.717) is 24.0 Å². The van der Waals surface area contributed by atoms with Crippen LogP contribution in [0.1, 0.15) is 411 Å². The summed E-state index contributed by atoms with van der Waals surface area (Å²) >= 11 is 0. The van der Waals surface area contributed by atoms with Crippen molar-refractivity contribution in [2.24, 2.45) is 9.98 Å². The average molecular weight is 1270 g/mol. The van der Waals surface area contributed by atoms with Gasteiger partial charge in [0.15, 0.2) is 0 Å². The molecule has 0 aliphatic carbocycles.